The summed E-state index contributed by atoms with van der Waals surface area (Å²) in [6.45, 7) is 1.03. The first kappa shape index (κ1) is 14.7. The van der Waals surface area contributed by atoms with Crippen LogP contribution >= 0.6 is 0 Å². The van der Waals surface area contributed by atoms with E-state index in [9.17, 15) is 13.2 Å². The van der Waals surface area contributed by atoms with E-state index < -0.39 is 17.5 Å². The highest BCUT2D eigenvalue weighted by Gasteiger charge is 2.16. The highest BCUT2D eigenvalue weighted by atomic mass is 19.2. The van der Waals surface area contributed by atoms with Crippen LogP contribution in [0.15, 0.2) is 17.1 Å². The average molecular weight is 285 g/mol. The molecule has 0 saturated heterocycles. The van der Waals surface area contributed by atoms with E-state index in [2.05, 4.69) is 10.3 Å². The SMILES string of the molecule is NC(=NCC1CCC1)NCCc1ccc(F)c(F)c1F. The Hall–Kier alpha value is -1.72. The lowest BCUT2D eigenvalue weighted by atomic mass is 9.86. The van der Waals surface area contributed by atoms with Crippen LogP contribution in [0.4, 0.5) is 13.2 Å². The van der Waals surface area contributed by atoms with Crippen molar-refractivity contribution in [1.29, 1.82) is 0 Å². The Morgan fingerprint density at radius 2 is 2.00 bits per heavy atom. The number of rotatable bonds is 5. The average Bonchev–Trinajstić information content (AvgIpc) is 2.37. The lowest BCUT2D eigenvalue weighted by molar-refractivity contribution is 0.326. The molecule has 0 bridgehead atoms. The molecule has 1 fully saturated rings. The van der Waals surface area contributed by atoms with Crippen LogP contribution in [0.2, 0.25) is 0 Å². The standard InChI is InChI=1S/C14H18F3N3/c15-11-5-4-10(12(16)13(11)17)6-7-19-14(18)20-8-9-2-1-3-9/h4-5,9H,1-3,6-8H2,(H3,18,19,20). The molecule has 0 atom stereocenters. The topological polar surface area (TPSA) is 50.4 Å². The maximum Gasteiger partial charge on any atom is 0.194 e. The van der Waals surface area contributed by atoms with E-state index in [1.807, 2.05) is 0 Å². The summed E-state index contributed by atoms with van der Waals surface area (Å²) in [5, 5.41) is 2.84. The maximum atomic E-state index is 13.4. The molecule has 20 heavy (non-hydrogen) atoms. The monoisotopic (exact) mass is 285 g/mol. The molecule has 0 amide bonds. The van der Waals surface area contributed by atoms with Crippen molar-refractivity contribution in [3.8, 4) is 0 Å². The van der Waals surface area contributed by atoms with Crippen molar-refractivity contribution < 1.29 is 13.2 Å². The Balaban J connectivity index is 1.79. The molecule has 1 saturated carbocycles. The predicted molar refractivity (Wildman–Crippen MR) is 71.9 cm³/mol. The van der Waals surface area contributed by atoms with Gasteiger partial charge in [0.25, 0.3) is 0 Å². The fourth-order valence-electron chi connectivity index (χ4n) is 2.04. The van der Waals surface area contributed by atoms with Crippen LogP contribution in [0.25, 0.3) is 0 Å². The van der Waals surface area contributed by atoms with E-state index >= 15 is 0 Å². The smallest absolute Gasteiger partial charge is 0.194 e. The van der Waals surface area contributed by atoms with E-state index in [1.165, 1.54) is 25.3 Å². The normalized spacial score (nSPS) is 16.1. The van der Waals surface area contributed by atoms with Gasteiger partial charge in [-0.05, 0) is 36.8 Å². The van der Waals surface area contributed by atoms with Crippen LogP contribution in [0.3, 0.4) is 0 Å². The predicted octanol–water partition coefficient (Wildman–Crippen LogP) is 2.35. The molecular weight excluding hydrogens is 267 g/mol. The van der Waals surface area contributed by atoms with Gasteiger partial charge in [0.15, 0.2) is 23.4 Å². The summed E-state index contributed by atoms with van der Waals surface area (Å²) in [5.74, 6) is -2.83. The maximum absolute atomic E-state index is 13.4. The molecule has 0 aromatic heterocycles. The van der Waals surface area contributed by atoms with E-state index in [-0.39, 0.29) is 12.0 Å². The van der Waals surface area contributed by atoms with Gasteiger partial charge in [0.05, 0.1) is 0 Å². The van der Waals surface area contributed by atoms with Gasteiger partial charge < -0.3 is 11.1 Å². The van der Waals surface area contributed by atoms with Gasteiger partial charge in [0.1, 0.15) is 0 Å². The first-order valence-electron chi connectivity index (χ1n) is 6.74. The largest absolute Gasteiger partial charge is 0.370 e. The van der Waals surface area contributed by atoms with Crippen LogP contribution in [-0.2, 0) is 6.42 Å². The molecule has 0 radical (unpaired) electrons. The number of hydrogen-bond acceptors (Lipinski definition) is 1. The van der Waals surface area contributed by atoms with E-state index in [4.69, 9.17) is 5.73 Å². The second kappa shape index (κ2) is 6.63. The molecule has 0 unspecified atom stereocenters. The van der Waals surface area contributed by atoms with Gasteiger partial charge in [-0.1, -0.05) is 12.5 Å². The summed E-state index contributed by atoms with van der Waals surface area (Å²) in [4.78, 5) is 4.19. The molecule has 1 aliphatic carbocycles. The first-order chi connectivity index (χ1) is 9.58. The molecule has 1 aliphatic rings. The van der Waals surface area contributed by atoms with Crippen LogP contribution in [-0.4, -0.2) is 19.0 Å². The van der Waals surface area contributed by atoms with Crippen molar-refractivity contribution >= 4 is 5.96 Å². The number of guanidine groups is 1. The van der Waals surface area contributed by atoms with Gasteiger partial charge in [-0.3, -0.25) is 4.99 Å². The van der Waals surface area contributed by atoms with Crippen molar-refractivity contribution in [3.05, 3.63) is 35.1 Å². The fourth-order valence-corrected chi connectivity index (χ4v) is 2.04. The molecule has 0 spiro atoms. The Morgan fingerprint density at radius 3 is 2.65 bits per heavy atom. The number of halogens is 3. The van der Waals surface area contributed by atoms with Gasteiger partial charge in [0, 0.05) is 13.1 Å². The summed E-state index contributed by atoms with van der Waals surface area (Å²) in [6, 6.07) is 2.15. The van der Waals surface area contributed by atoms with Crippen molar-refractivity contribution in [2.45, 2.75) is 25.7 Å². The first-order valence-corrected chi connectivity index (χ1v) is 6.74. The van der Waals surface area contributed by atoms with E-state index in [1.54, 1.807) is 0 Å². The van der Waals surface area contributed by atoms with Gasteiger partial charge in [-0.15, -0.1) is 0 Å². The Bertz CT molecular complexity index is 499. The summed E-state index contributed by atoms with van der Waals surface area (Å²) >= 11 is 0. The molecule has 1 aromatic carbocycles. The molecule has 3 nitrogen and oxygen atoms in total. The fraction of sp³-hybridized carbons (Fsp3) is 0.500. The third kappa shape index (κ3) is 3.65. The molecule has 1 aromatic rings. The highest BCUT2D eigenvalue weighted by molar-refractivity contribution is 5.77. The minimum Gasteiger partial charge on any atom is -0.370 e. The zero-order valence-electron chi connectivity index (χ0n) is 11.1. The van der Waals surface area contributed by atoms with Crippen molar-refractivity contribution in [2.24, 2.45) is 16.6 Å². The van der Waals surface area contributed by atoms with Gasteiger partial charge >= 0.3 is 0 Å². The van der Waals surface area contributed by atoms with Crippen LogP contribution in [0.5, 0.6) is 0 Å². The van der Waals surface area contributed by atoms with E-state index in [0.29, 0.717) is 25.0 Å². The zero-order valence-corrected chi connectivity index (χ0v) is 11.1. The summed E-state index contributed by atoms with van der Waals surface area (Å²) in [5.41, 5.74) is 5.78. The molecule has 0 heterocycles. The molecule has 2 rings (SSSR count). The quantitative estimate of drug-likeness (QED) is 0.495. The Labute approximate surface area is 116 Å². The summed E-state index contributed by atoms with van der Waals surface area (Å²) in [6.07, 6.45) is 3.85. The van der Waals surface area contributed by atoms with Crippen LogP contribution < -0.4 is 11.1 Å². The molecule has 0 aliphatic heterocycles. The van der Waals surface area contributed by atoms with Gasteiger partial charge in [-0.25, -0.2) is 13.2 Å². The van der Waals surface area contributed by atoms with Crippen LogP contribution in [0, 0.1) is 23.4 Å². The molecule has 3 N–H and O–H groups in total. The van der Waals surface area contributed by atoms with E-state index in [0.717, 1.165) is 6.07 Å². The van der Waals surface area contributed by atoms with Crippen molar-refractivity contribution in [2.75, 3.05) is 13.1 Å². The highest BCUT2D eigenvalue weighted by Crippen LogP contribution is 2.26. The van der Waals surface area contributed by atoms with Crippen molar-refractivity contribution in [3.63, 3.8) is 0 Å². The lowest BCUT2D eigenvalue weighted by Crippen LogP contribution is -2.34. The third-order valence-corrected chi connectivity index (χ3v) is 3.56. The molecular formula is C14H18F3N3. The minimum absolute atomic E-state index is 0.114. The number of benzene rings is 1. The van der Waals surface area contributed by atoms with Crippen molar-refractivity contribution in [1.82, 2.24) is 5.32 Å². The second-order valence-corrected chi connectivity index (χ2v) is 5.03. The van der Waals surface area contributed by atoms with Crippen LogP contribution in [0.1, 0.15) is 24.8 Å². The molecule has 110 valence electrons. The Morgan fingerprint density at radius 1 is 1.25 bits per heavy atom. The Kier molecular flexibility index (Phi) is 4.87. The number of hydrogen-bond donors (Lipinski definition) is 2. The molecule has 6 heteroatoms. The number of nitrogens with one attached hydrogen (secondary N) is 1. The number of nitrogens with two attached hydrogens (primary N) is 1. The van der Waals surface area contributed by atoms with Gasteiger partial charge in [0.2, 0.25) is 0 Å². The second-order valence-electron chi connectivity index (χ2n) is 5.03. The van der Waals surface area contributed by atoms with Gasteiger partial charge in [-0.2, -0.15) is 0 Å². The summed E-state index contributed by atoms with van der Waals surface area (Å²) in [7, 11) is 0. The minimum atomic E-state index is -1.44. The third-order valence-electron chi connectivity index (χ3n) is 3.56. The summed E-state index contributed by atoms with van der Waals surface area (Å²) < 4.78 is 39.2. The number of nitrogens with zero attached hydrogens (tertiary/aromatic N) is 1. The lowest BCUT2D eigenvalue weighted by Gasteiger charge is -2.23. The number of aliphatic imine (C=N–C) groups is 1. The zero-order chi connectivity index (χ0) is 14.5.